The van der Waals surface area contributed by atoms with E-state index in [1.54, 1.807) is 36.4 Å². The quantitative estimate of drug-likeness (QED) is 0.750. The van der Waals surface area contributed by atoms with Crippen molar-refractivity contribution in [3.63, 3.8) is 0 Å². The second-order valence-electron chi connectivity index (χ2n) is 5.37. The van der Waals surface area contributed by atoms with E-state index in [-0.39, 0.29) is 21.4 Å². The van der Waals surface area contributed by atoms with E-state index in [1.807, 2.05) is 0 Å². The molecule has 3 rings (SSSR count). The fourth-order valence-corrected chi connectivity index (χ4v) is 4.39. The highest BCUT2D eigenvalue weighted by Crippen LogP contribution is 2.29. The van der Waals surface area contributed by atoms with Crippen molar-refractivity contribution in [2.75, 3.05) is 23.5 Å². The van der Waals surface area contributed by atoms with Gasteiger partial charge in [-0.3, -0.25) is 4.79 Å². The van der Waals surface area contributed by atoms with Crippen molar-refractivity contribution in [1.82, 2.24) is 0 Å². The van der Waals surface area contributed by atoms with E-state index in [9.17, 15) is 18.0 Å². The number of methoxy groups -OCH3 is 1. The molecule has 0 bridgehead atoms. The molecular weight excluding hydrogens is 390 g/mol. The number of benzene rings is 2. The number of carbonyl (C=O) groups excluding carboxylic acids is 2. The Morgan fingerprint density at radius 1 is 1.15 bits per heavy atom. The highest BCUT2D eigenvalue weighted by atomic mass is 32.2. The monoisotopic (exact) mass is 405 g/mol. The van der Waals surface area contributed by atoms with Gasteiger partial charge in [0.05, 0.1) is 29.8 Å². The van der Waals surface area contributed by atoms with Crippen LogP contribution in [-0.4, -0.2) is 38.3 Å². The molecule has 0 aliphatic carbocycles. The van der Waals surface area contributed by atoms with Gasteiger partial charge in [-0.2, -0.15) is 8.42 Å². The summed E-state index contributed by atoms with van der Waals surface area (Å²) < 4.78 is 32.7. The Balaban J connectivity index is 1.68. The fourth-order valence-electron chi connectivity index (χ4n) is 2.35. The Labute approximate surface area is 160 Å². The Kier molecular flexibility index (Phi) is 5.47. The van der Waals surface area contributed by atoms with Crippen LogP contribution >= 0.6 is 11.8 Å². The number of rotatable bonds is 4. The maximum Gasteiger partial charge on any atom is 0.339 e. The Morgan fingerprint density at radius 2 is 1.85 bits per heavy atom. The van der Waals surface area contributed by atoms with Crippen LogP contribution in [-0.2, 0) is 19.6 Å². The van der Waals surface area contributed by atoms with Gasteiger partial charge < -0.3 is 15.4 Å². The zero-order valence-electron chi connectivity index (χ0n) is 14.1. The summed E-state index contributed by atoms with van der Waals surface area (Å²) in [6.07, 6.45) is 0. The van der Waals surface area contributed by atoms with Gasteiger partial charge in [-0.25, -0.2) is 4.79 Å². The van der Waals surface area contributed by atoms with E-state index >= 15 is 0 Å². The number of hydrogen-bond acceptors (Lipinski definition) is 7. The average molecular weight is 405 g/mol. The molecule has 0 saturated carbocycles. The number of thioether (sulfide) groups is 1. The van der Waals surface area contributed by atoms with E-state index in [2.05, 4.69) is 19.8 Å². The number of nitrogens with one attached hydrogen (secondary N) is 2. The van der Waals surface area contributed by atoms with E-state index in [4.69, 9.17) is 0 Å². The fraction of sp³-hybridized carbons (Fsp3) is 0.118. The summed E-state index contributed by atoms with van der Waals surface area (Å²) in [6, 6.07) is 12.8. The molecule has 8 nitrogen and oxygen atoms in total. The number of amides is 1. The largest absolute Gasteiger partial charge is 0.465 e. The minimum atomic E-state index is -3.81. The molecule has 2 aromatic carbocycles. The normalized spacial score (nSPS) is 14.3. The second kappa shape index (κ2) is 7.80. The number of carbonyl (C=O) groups is 2. The van der Waals surface area contributed by atoms with E-state index in [0.717, 1.165) is 11.8 Å². The first kappa shape index (κ1) is 18.9. The summed E-state index contributed by atoms with van der Waals surface area (Å²) in [5.74, 6) is -1.09. The van der Waals surface area contributed by atoms with Crippen LogP contribution in [0.1, 0.15) is 10.4 Å². The van der Waals surface area contributed by atoms with Crippen molar-refractivity contribution in [1.29, 1.82) is 0 Å². The number of sulfonamides is 1. The molecule has 1 amide bonds. The van der Waals surface area contributed by atoms with Crippen LogP contribution < -0.4 is 10.6 Å². The molecule has 0 unspecified atom stereocenters. The van der Waals surface area contributed by atoms with Crippen molar-refractivity contribution in [2.24, 2.45) is 4.40 Å². The third kappa shape index (κ3) is 4.29. The highest BCUT2D eigenvalue weighted by Gasteiger charge is 2.25. The molecule has 27 heavy (non-hydrogen) atoms. The van der Waals surface area contributed by atoms with Gasteiger partial charge >= 0.3 is 5.97 Å². The number of hydrogen-bond donors (Lipinski definition) is 2. The molecule has 0 spiro atoms. The van der Waals surface area contributed by atoms with Crippen molar-refractivity contribution in [3.05, 3.63) is 54.1 Å². The topological polar surface area (TPSA) is 114 Å². The lowest BCUT2D eigenvalue weighted by Crippen LogP contribution is -2.22. The molecule has 1 heterocycles. The first-order valence-corrected chi connectivity index (χ1v) is 10.1. The van der Waals surface area contributed by atoms with E-state index < -0.39 is 21.9 Å². The molecule has 0 fully saturated rings. The summed E-state index contributed by atoms with van der Waals surface area (Å²) in [5.41, 5.74) is 0.945. The molecule has 0 atom stereocenters. The van der Waals surface area contributed by atoms with Crippen LogP contribution in [0.2, 0.25) is 0 Å². The molecule has 0 aromatic heterocycles. The zero-order chi connectivity index (χ0) is 19.4. The summed E-state index contributed by atoms with van der Waals surface area (Å²) in [5, 5.41) is 5.60. The van der Waals surface area contributed by atoms with Gasteiger partial charge in [-0.1, -0.05) is 36.0 Å². The standard InChI is InChI=1S/C17H15N3O5S2/c1-25-16(22)11-6-2-3-7-12(11)18-15(21)10-26-17-19-13-8-4-5-9-14(13)27(23,24)20-17/h2-9H,10H2,1H3,(H,18,21)(H,19,20). The second-order valence-corrected chi connectivity index (χ2v) is 7.90. The molecule has 140 valence electrons. The van der Waals surface area contributed by atoms with Gasteiger partial charge in [0.2, 0.25) is 5.91 Å². The van der Waals surface area contributed by atoms with Crippen LogP contribution in [0.25, 0.3) is 0 Å². The van der Waals surface area contributed by atoms with Gasteiger partial charge in [-0.15, -0.1) is 4.40 Å². The molecule has 10 heteroatoms. The Bertz CT molecular complexity index is 1030. The minimum absolute atomic E-state index is 0.0887. The molecular formula is C17H15N3O5S2. The third-order valence-electron chi connectivity index (χ3n) is 3.56. The lowest BCUT2D eigenvalue weighted by Gasteiger charge is -2.17. The van der Waals surface area contributed by atoms with E-state index in [0.29, 0.717) is 11.4 Å². The number of anilines is 2. The molecule has 0 radical (unpaired) electrons. The first-order valence-electron chi connectivity index (χ1n) is 7.72. The van der Waals surface area contributed by atoms with Gasteiger partial charge in [-0.05, 0) is 24.3 Å². The number of fused-ring (bicyclic) bond motifs is 1. The number of amidine groups is 1. The lowest BCUT2D eigenvalue weighted by atomic mass is 10.2. The van der Waals surface area contributed by atoms with Crippen LogP contribution in [0.4, 0.5) is 11.4 Å². The first-order chi connectivity index (χ1) is 12.9. The minimum Gasteiger partial charge on any atom is -0.465 e. The Morgan fingerprint density at radius 3 is 2.63 bits per heavy atom. The van der Waals surface area contributed by atoms with Gasteiger partial charge in [0.25, 0.3) is 10.0 Å². The molecule has 1 aliphatic heterocycles. The SMILES string of the molecule is COC(=O)c1ccccc1NC(=O)CSC1=NS(=O)(=O)c2ccccc2N1. The number of esters is 1. The number of ether oxygens (including phenoxy) is 1. The Hall–Kier alpha value is -2.85. The summed E-state index contributed by atoms with van der Waals surface area (Å²) in [7, 11) is -2.56. The molecule has 1 aliphatic rings. The van der Waals surface area contributed by atoms with Crippen molar-refractivity contribution >= 4 is 50.2 Å². The van der Waals surface area contributed by atoms with Gasteiger partial charge in [0.15, 0.2) is 5.17 Å². The zero-order valence-corrected chi connectivity index (χ0v) is 15.8. The lowest BCUT2D eigenvalue weighted by molar-refractivity contribution is -0.113. The maximum absolute atomic E-state index is 12.2. The highest BCUT2D eigenvalue weighted by molar-refractivity contribution is 8.15. The molecule has 2 N–H and O–H groups in total. The third-order valence-corrected chi connectivity index (χ3v) is 5.88. The summed E-state index contributed by atoms with van der Waals surface area (Å²) in [4.78, 5) is 24.0. The van der Waals surface area contributed by atoms with Gasteiger partial charge in [0, 0.05) is 0 Å². The van der Waals surface area contributed by atoms with Crippen LogP contribution in [0.15, 0.2) is 57.8 Å². The van der Waals surface area contributed by atoms with Crippen LogP contribution in [0, 0.1) is 0 Å². The molecule has 0 saturated heterocycles. The van der Waals surface area contributed by atoms with Crippen molar-refractivity contribution in [3.8, 4) is 0 Å². The number of nitrogens with zero attached hydrogens (tertiary/aromatic N) is 1. The van der Waals surface area contributed by atoms with E-state index in [1.165, 1.54) is 19.2 Å². The predicted octanol–water partition coefficient (Wildman–Crippen LogP) is 2.32. The van der Waals surface area contributed by atoms with Crippen molar-refractivity contribution in [2.45, 2.75) is 4.90 Å². The summed E-state index contributed by atoms with van der Waals surface area (Å²) in [6.45, 7) is 0. The smallest absolute Gasteiger partial charge is 0.339 e. The molecule has 2 aromatic rings. The predicted molar refractivity (Wildman–Crippen MR) is 104 cm³/mol. The summed E-state index contributed by atoms with van der Waals surface area (Å²) >= 11 is 0.942. The van der Waals surface area contributed by atoms with Crippen LogP contribution in [0.5, 0.6) is 0 Å². The number of para-hydroxylation sites is 2. The van der Waals surface area contributed by atoms with Crippen molar-refractivity contribution < 1.29 is 22.7 Å². The average Bonchev–Trinajstić information content (AvgIpc) is 2.66. The van der Waals surface area contributed by atoms with Gasteiger partial charge in [0.1, 0.15) is 4.90 Å². The van der Waals surface area contributed by atoms with Crippen LogP contribution in [0.3, 0.4) is 0 Å². The maximum atomic E-state index is 12.2.